The lowest BCUT2D eigenvalue weighted by Crippen LogP contribution is -2.07. The number of rotatable bonds is 5. The van der Waals surface area contributed by atoms with E-state index in [9.17, 15) is 4.79 Å². The van der Waals surface area contributed by atoms with Crippen LogP contribution >= 0.6 is 0 Å². The summed E-state index contributed by atoms with van der Waals surface area (Å²) < 4.78 is 0. The Hall–Kier alpha value is -3.21. The van der Waals surface area contributed by atoms with E-state index in [1.165, 1.54) is 18.5 Å². The van der Waals surface area contributed by atoms with Gasteiger partial charge < -0.3 is 16.5 Å². The first-order valence-corrected chi connectivity index (χ1v) is 7.06. The zero-order valence-corrected chi connectivity index (χ0v) is 12.8. The molecule has 0 spiro atoms. The molecule has 0 radical (unpaired) electrons. The SMILES string of the molecule is Cc1ccc(NC(=O)/C=C/c2cnccc2/C(C=N)=C/N)cc1. The van der Waals surface area contributed by atoms with E-state index in [0.717, 1.165) is 16.8 Å². The molecule has 0 aliphatic carbocycles. The van der Waals surface area contributed by atoms with E-state index in [0.29, 0.717) is 11.1 Å². The summed E-state index contributed by atoms with van der Waals surface area (Å²) in [6.07, 6.45) is 8.84. The summed E-state index contributed by atoms with van der Waals surface area (Å²) in [5, 5.41) is 10.2. The highest BCUT2D eigenvalue weighted by Gasteiger charge is 2.04. The molecule has 1 aromatic heterocycles. The van der Waals surface area contributed by atoms with Crippen molar-refractivity contribution in [1.29, 1.82) is 5.41 Å². The molecule has 0 saturated heterocycles. The van der Waals surface area contributed by atoms with Gasteiger partial charge in [0.25, 0.3) is 0 Å². The fraction of sp³-hybridized carbons (Fsp3) is 0.0556. The van der Waals surface area contributed by atoms with Gasteiger partial charge in [0, 0.05) is 47.7 Å². The van der Waals surface area contributed by atoms with Gasteiger partial charge in [-0.1, -0.05) is 17.7 Å². The number of anilines is 1. The average molecular weight is 306 g/mol. The predicted octanol–water partition coefficient (Wildman–Crippen LogP) is 2.99. The highest BCUT2D eigenvalue weighted by atomic mass is 16.1. The van der Waals surface area contributed by atoms with Crippen LogP contribution in [-0.4, -0.2) is 17.1 Å². The number of nitrogens with two attached hydrogens (primary N) is 1. The van der Waals surface area contributed by atoms with Crippen LogP contribution in [0, 0.1) is 12.3 Å². The molecule has 0 saturated carbocycles. The minimum atomic E-state index is -0.239. The van der Waals surface area contributed by atoms with Crippen LogP contribution in [0.4, 0.5) is 5.69 Å². The summed E-state index contributed by atoms with van der Waals surface area (Å²) in [4.78, 5) is 16.0. The van der Waals surface area contributed by atoms with Crippen molar-refractivity contribution in [3.63, 3.8) is 0 Å². The molecule has 1 heterocycles. The number of pyridine rings is 1. The molecular formula is C18H18N4O. The second-order valence-electron chi connectivity index (χ2n) is 4.92. The molecule has 5 nitrogen and oxygen atoms in total. The third-order valence-corrected chi connectivity index (χ3v) is 3.23. The number of hydrogen-bond donors (Lipinski definition) is 3. The molecule has 0 fully saturated rings. The summed E-state index contributed by atoms with van der Waals surface area (Å²) in [6.45, 7) is 1.99. The average Bonchev–Trinajstić information content (AvgIpc) is 2.57. The second-order valence-corrected chi connectivity index (χ2v) is 4.92. The molecule has 23 heavy (non-hydrogen) atoms. The summed E-state index contributed by atoms with van der Waals surface area (Å²) in [7, 11) is 0. The molecule has 4 N–H and O–H groups in total. The topological polar surface area (TPSA) is 91.9 Å². The van der Waals surface area contributed by atoms with Crippen molar-refractivity contribution in [2.45, 2.75) is 6.92 Å². The van der Waals surface area contributed by atoms with Gasteiger partial charge in [-0.25, -0.2) is 0 Å². The van der Waals surface area contributed by atoms with Gasteiger partial charge in [-0.2, -0.15) is 0 Å². The van der Waals surface area contributed by atoms with Crippen LogP contribution in [0.3, 0.4) is 0 Å². The van der Waals surface area contributed by atoms with Crippen molar-refractivity contribution in [3.8, 4) is 0 Å². The van der Waals surface area contributed by atoms with Crippen molar-refractivity contribution in [2.24, 2.45) is 5.73 Å². The summed E-state index contributed by atoms with van der Waals surface area (Å²) >= 11 is 0. The summed E-state index contributed by atoms with van der Waals surface area (Å²) in [5.74, 6) is -0.239. The lowest BCUT2D eigenvalue weighted by atomic mass is 10.0. The number of aryl methyl sites for hydroxylation is 1. The first-order chi connectivity index (χ1) is 11.1. The third kappa shape index (κ3) is 4.38. The van der Waals surface area contributed by atoms with E-state index in [4.69, 9.17) is 11.1 Å². The van der Waals surface area contributed by atoms with Gasteiger partial charge in [0.2, 0.25) is 5.91 Å². The van der Waals surface area contributed by atoms with E-state index in [1.807, 2.05) is 31.2 Å². The number of nitrogens with one attached hydrogen (secondary N) is 2. The zero-order chi connectivity index (χ0) is 16.7. The molecule has 2 rings (SSSR count). The van der Waals surface area contributed by atoms with Crippen LogP contribution in [0.2, 0.25) is 0 Å². The molecule has 0 aliphatic rings. The first kappa shape index (κ1) is 16.2. The van der Waals surface area contributed by atoms with Crippen LogP contribution in [-0.2, 0) is 4.79 Å². The predicted molar refractivity (Wildman–Crippen MR) is 94.0 cm³/mol. The number of allylic oxidation sites excluding steroid dienone is 1. The van der Waals surface area contributed by atoms with E-state index in [-0.39, 0.29) is 5.91 Å². The fourth-order valence-electron chi connectivity index (χ4n) is 2.00. The molecule has 1 aromatic carbocycles. The number of hydrogen-bond acceptors (Lipinski definition) is 4. The van der Waals surface area contributed by atoms with Gasteiger partial charge >= 0.3 is 0 Å². The van der Waals surface area contributed by atoms with Gasteiger partial charge in [-0.3, -0.25) is 9.78 Å². The van der Waals surface area contributed by atoms with Crippen LogP contribution in [0.15, 0.2) is 55.0 Å². The third-order valence-electron chi connectivity index (χ3n) is 3.23. The molecule has 2 aromatic rings. The Bertz CT molecular complexity index is 761. The molecule has 116 valence electrons. The minimum absolute atomic E-state index is 0.239. The summed E-state index contributed by atoms with van der Waals surface area (Å²) in [5.41, 5.74) is 9.41. The Balaban J connectivity index is 2.15. The number of aromatic nitrogens is 1. The number of carbonyl (C=O) groups is 1. The molecule has 5 heteroatoms. The zero-order valence-electron chi connectivity index (χ0n) is 12.8. The largest absolute Gasteiger partial charge is 0.404 e. The van der Waals surface area contributed by atoms with Crippen molar-refractivity contribution >= 4 is 29.5 Å². The lowest BCUT2D eigenvalue weighted by Gasteiger charge is -2.05. The highest BCUT2D eigenvalue weighted by Crippen LogP contribution is 2.17. The van der Waals surface area contributed by atoms with Crippen molar-refractivity contribution in [2.75, 3.05) is 5.32 Å². The maximum absolute atomic E-state index is 12.0. The van der Waals surface area contributed by atoms with Crippen LogP contribution in [0.5, 0.6) is 0 Å². The van der Waals surface area contributed by atoms with Gasteiger partial charge in [-0.15, -0.1) is 0 Å². The Morgan fingerprint density at radius 1 is 1.26 bits per heavy atom. The van der Waals surface area contributed by atoms with Gasteiger partial charge in [-0.05, 0) is 36.8 Å². The minimum Gasteiger partial charge on any atom is -0.404 e. The monoisotopic (exact) mass is 306 g/mol. The lowest BCUT2D eigenvalue weighted by molar-refractivity contribution is -0.111. The van der Waals surface area contributed by atoms with Crippen LogP contribution in [0.1, 0.15) is 16.7 Å². The maximum atomic E-state index is 12.0. The molecule has 1 amide bonds. The van der Waals surface area contributed by atoms with E-state index >= 15 is 0 Å². The number of nitrogens with zero attached hydrogens (tertiary/aromatic N) is 1. The Labute approximate surface area is 135 Å². The van der Waals surface area contributed by atoms with Gasteiger partial charge in [0.15, 0.2) is 0 Å². The first-order valence-electron chi connectivity index (χ1n) is 7.06. The van der Waals surface area contributed by atoms with E-state index in [2.05, 4.69) is 10.3 Å². The Morgan fingerprint density at radius 3 is 2.65 bits per heavy atom. The normalized spacial score (nSPS) is 11.4. The smallest absolute Gasteiger partial charge is 0.248 e. The summed E-state index contributed by atoms with van der Waals surface area (Å²) in [6, 6.07) is 9.31. The van der Waals surface area contributed by atoms with Crippen LogP contribution in [0.25, 0.3) is 11.6 Å². The Morgan fingerprint density at radius 2 is 2.00 bits per heavy atom. The molecule has 0 bridgehead atoms. The number of carbonyl (C=O) groups excluding carboxylic acids is 1. The standard InChI is InChI=1S/C18H18N4O/c1-13-2-5-16(6-3-13)22-18(23)7-4-14-12-21-9-8-17(14)15(10-19)11-20/h2-12,19H,20H2,1H3,(H,22,23)/b7-4+,15-11+,19-10?. The number of benzene rings is 1. The van der Waals surface area contributed by atoms with Crippen molar-refractivity contribution in [3.05, 3.63) is 71.7 Å². The Kier molecular flexibility index (Phi) is 5.41. The maximum Gasteiger partial charge on any atom is 0.248 e. The molecule has 0 unspecified atom stereocenters. The molecular weight excluding hydrogens is 288 g/mol. The number of amides is 1. The fourth-order valence-corrected chi connectivity index (χ4v) is 2.00. The highest BCUT2D eigenvalue weighted by molar-refractivity contribution is 6.10. The molecule has 0 aliphatic heterocycles. The van der Waals surface area contributed by atoms with Crippen molar-refractivity contribution < 1.29 is 4.79 Å². The van der Waals surface area contributed by atoms with Gasteiger partial charge in [0.05, 0.1) is 0 Å². The van der Waals surface area contributed by atoms with E-state index < -0.39 is 0 Å². The van der Waals surface area contributed by atoms with Gasteiger partial charge in [0.1, 0.15) is 0 Å². The van der Waals surface area contributed by atoms with Crippen LogP contribution < -0.4 is 11.1 Å². The van der Waals surface area contributed by atoms with Crippen molar-refractivity contribution in [1.82, 2.24) is 4.98 Å². The quantitative estimate of drug-likeness (QED) is 0.585. The molecule has 0 atom stereocenters. The second kappa shape index (κ2) is 7.70. The van der Waals surface area contributed by atoms with E-state index in [1.54, 1.807) is 24.5 Å².